The van der Waals surface area contributed by atoms with Crippen LogP contribution in [-0.2, 0) is 14.2 Å². The number of aromatic nitrogens is 2. The molecule has 0 bridgehead atoms. The molecule has 2 heterocycles. The molecule has 1 aromatic heterocycles. The van der Waals surface area contributed by atoms with Gasteiger partial charge in [-0.25, -0.2) is 4.79 Å². The summed E-state index contributed by atoms with van der Waals surface area (Å²) in [6.45, 7) is 10.7. The number of hydrogen-bond donors (Lipinski definition) is 1. The Balaban J connectivity index is 2.31. The van der Waals surface area contributed by atoms with Crippen LogP contribution in [0.25, 0.3) is 0 Å². The Kier molecular flexibility index (Phi) is 6.93. The molecule has 9 heteroatoms. The Hall–Kier alpha value is -1.58. The van der Waals surface area contributed by atoms with Crippen LogP contribution in [0.1, 0.15) is 47.8 Å². The predicted octanol–water partition coefficient (Wildman–Crippen LogP) is 2.81. The average Bonchev–Trinajstić information content (AvgIpc) is 2.76. The van der Waals surface area contributed by atoms with Crippen LogP contribution in [0, 0.1) is 0 Å². The molecule has 1 fully saturated rings. The monoisotopic (exact) mass is 389 g/mol. The van der Waals surface area contributed by atoms with E-state index >= 15 is 8.78 Å². The number of nitrogens with zero attached hydrogens (tertiary/aromatic N) is 2. The van der Waals surface area contributed by atoms with Crippen LogP contribution >= 0.6 is 0 Å². The van der Waals surface area contributed by atoms with E-state index in [0.29, 0.717) is 5.82 Å². The molecular formula is C18H29F2N3O4. The lowest BCUT2D eigenvalue weighted by atomic mass is 10.1. The van der Waals surface area contributed by atoms with Gasteiger partial charge in [-0.05, 0) is 47.6 Å². The molecule has 1 N–H and O–H groups in total. The van der Waals surface area contributed by atoms with Gasteiger partial charge in [0, 0.05) is 12.2 Å². The lowest BCUT2D eigenvalue weighted by Crippen LogP contribution is -2.45. The van der Waals surface area contributed by atoms with Crippen LogP contribution in [0.2, 0.25) is 0 Å². The van der Waals surface area contributed by atoms with Gasteiger partial charge in [0.2, 0.25) is 6.23 Å². The largest absolute Gasteiger partial charge is 0.376 e. The zero-order chi connectivity index (χ0) is 20.4. The molecular weight excluding hydrogens is 360 g/mol. The molecule has 0 amide bonds. The van der Waals surface area contributed by atoms with E-state index in [1.54, 1.807) is 27.7 Å². The van der Waals surface area contributed by atoms with Crippen LogP contribution in [0.15, 0.2) is 17.1 Å². The van der Waals surface area contributed by atoms with Gasteiger partial charge in [0.15, 0.2) is 6.10 Å². The molecule has 1 aromatic rings. The standard InChI is InChI=1S/C18H29F2N3O4/c1-10(2)21-14-7-8-23(17(24)22-14)16-18(19,20)15(26-12(5)6)13(27-16)9-25-11(3)4/h7-8,10-13,15-16H,9H2,1-6H3,(H,21,22,24)/t13-,15?,16-/m1/s1. The second-order valence-electron chi connectivity index (χ2n) is 7.49. The maximum absolute atomic E-state index is 15.1. The van der Waals surface area contributed by atoms with Gasteiger partial charge in [-0.3, -0.25) is 4.57 Å². The van der Waals surface area contributed by atoms with E-state index in [1.165, 1.54) is 12.3 Å². The number of alkyl halides is 2. The summed E-state index contributed by atoms with van der Waals surface area (Å²) in [5.74, 6) is -3.10. The fraction of sp³-hybridized carbons (Fsp3) is 0.778. The third-order valence-corrected chi connectivity index (χ3v) is 3.88. The van der Waals surface area contributed by atoms with Gasteiger partial charge >= 0.3 is 11.6 Å². The molecule has 2 rings (SSSR count). The number of nitrogens with one attached hydrogen (secondary N) is 1. The van der Waals surface area contributed by atoms with E-state index in [-0.39, 0.29) is 18.8 Å². The van der Waals surface area contributed by atoms with Gasteiger partial charge < -0.3 is 19.5 Å². The van der Waals surface area contributed by atoms with Crippen molar-refractivity contribution >= 4 is 5.82 Å². The number of rotatable bonds is 8. The van der Waals surface area contributed by atoms with Crippen molar-refractivity contribution in [2.75, 3.05) is 11.9 Å². The lowest BCUT2D eigenvalue weighted by Gasteiger charge is -2.26. The maximum Gasteiger partial charge on any atom is 0.351 e. The summed E-state index contributed by atoms with van der Waals surface area (Å²) in [4.78, 5) is 16.1. The van der Waals surface area contributed by atoms with E-state index in [0.717, 1.165) is 4.57 Å². The van der Waals surface area contributed by atoms with E-state index in [2.05, 4.69) is 10.3 Å². The SMILES string of the molecule is CC(C)Nc1ccn([C@@H]2O[C@H](COC(C)C)C(OC(C)C)C2(F)F)c(=O)n1. The smallest absolute Gasteiger partial charge is 0.351 e. The zero-order valence-corrected chi connectivity index (χ0v) is 16.6. The fourth-order valence-corrected chi connectivity index (χ4v) is 2.82. The summed E-state index contributed by atoms with van der Waals surface area (Å²) >= 11 is 0. The molecule has 1 aliphatic heterocycles. The van der Waals surface area contributed by atoms with Crippen molar-refractivity contribution in [1.29, 1.82) is 0 Å². The summed E-state index contributed by atoms with van der Waals surface area (Å²) in [7, 11) is 0. The van der Waals surface area contributed by atoms with Crippen LogP contribution in [-0.4, -0.2) is 52.5 Å². The number of ether oxygens (including phenoxy) is 3. The molecule has 0 radical (unpaired) electrons. The first-order valence-electron chi connectivity index (χ1n) is 9.18. The molecule has 3 atom stereocenters. The number of hydrogen-bond acceptors (Lipinski definition) is 6. The zero-order valence-electron chi connectivity index (χ0n) is 16.6. The van der Waals surface area contributed by atoms with Gasteiger partial charge in [-0.15, -0.1) is 0 Å². The minimum Gasteiger partial charge on any atom is -0.376 e. The van der Waals surface area contributed by atoms with Gasteiger partial charge in [-0.2, -0.15) is 13.8 Å². The van der Waals surface area contributed by atoms with Crippen molar-refractivity contribution in [3.63, 3.8) is 0 Å². The minimum atomic E-state index is -3.42. The highest BCUT2D eigenvalue weighted by Gasteiger charge is 2.61. The summed E-state index contributed by atoms with van der Waals surface area (Å²) in [5.41, 5.74) is -0.820. The Labute approximate surface area is 158 Å². The second kappa shape index (κ2) is 8.62. The highest BCUT2D eigenvalue weighted by Crippen LogP contribution is 2.44. The summed E-state index contributed by atoms with van der Waals surface area (Å²) in [6.07, 6.45) is -3.66. The van der Waals surface area contributed by atoms with Crippen LogP contribution in [0.3, 0.4) is 0 Å². The molecule has 1 aliphatic rings. The van der Waals surface area contributed by atoms with E-state index in [9.17, 15) is 4.79 Å². The van der Waals surface area contributed by atoms with Gasteiger partial charge in [0.25, 0.3) is 0 Å². The van der Waals surface area contributed by atoms with Gasteiger partial charge in [-0.1, -0.05) is 0 Å². The van der Waals surface area contributed by atoms with Crippen LogP contribution in [0.4, 0.5) is 14.6 Å². The second-order valence-corrected chi connectivity index (χ2v) is 7.49. The molecule has 1 saturated heterocycles. The minimum absolute atomic E-state index is 0.0540. The maximum atomic E-state index is 15.1. The van der Waals surface area contributed by atoms with Crippen molar-refractivity contribution in [2.45, 2.75) is 84.2 Å². The van der Waals surface area contributed by atoms with Crippen molar-refractivity contribution in [1.82, 2.24) is 9.55 Å². The summed E-state index contributed by atoms with van der Waals surface area (Å²) < 4.78 is 47.4. The molecule has 154 valence electrons. The number of halogens is 2. The van der Waals surface area contributed by atoms with Crippen molar-refractivity contribution in [2.24, 2.45) is 0 Å². The molecule has 0 aliphatic carbocycles. The highest BCUT2D eigenvalue weighted by atomic mass is 19.3. The summed E-state index contributed by atoms with van der Waals surface area (Å²) in [5, 5.41) is 2.96. The molecule has 0 saturated carbocycles. The lowest BCUT2D eigenvalue weighted by molar-refractivity contribution is -0.164. The topological polar surface area (TPSA) is 74.6 Å². The molecule has 1 unspecified atom stereocenters. The number of anilines is 1. The Morgan fingerprint density at radius 2 is 1.93 bits per heavy atom. The van der Waals surface area contributed by atoms with Crippen molar-refractivity contribution in [3.8, 4) is 0 Å². The Morgan fingerprint density at radius 3 is 2.44 bits per heavy atom. The van der Waals surface area contributed by atoms with Gasteiger partial charge in [0.05, 0.1) is 18.8 Å². The predicted molar refractivity (Wildman–Crippen MR) is 97.2 cm³/mol. The first-order chi connectivity index (χ1) is 12.5. The highest BCUT2D eigenvalue weighted by molar-refractivity contribution is 5.32. The first kappa shape index (κ1) is 21.7. The molecule has 0 spiro atoms. The average molecular weight is 389 g/mol. The summed E-state index contributed by atoms with van der Waals surface area (Å²) in [6, 6.07) is 1.52. The normalized spacial score (nSPS) is 24.9. The molecule has 7 nitrogen and oxygen atoms in total. The fourth-order valence-electron chi connectivity index (χ4n) is 2.82. The first-order valence-corrected chi connectivity index (χ1v) is 9.18. The van der Waals surface area contributed by atoms with Crippen LogP contribution < -0.4 is 11.0 Å². The van der Waals surface area contributed by atoms with Crippen molar-refractivity contribution in [3.05, 3.63) is 22.7 Å². The van der Waals surface area contributed by atoms with E-state index in [4.69, 9.17) is 14.2 Å². The third-order valence-electron chi connectivity index (χ3n) is 3.88. The molecule has 27 heavy (non-hydrogen) atoms. The Morgan fingerprint density at radius 1 is 1.26 bits per heavy atom. The third kappa shape index (κ3) is 5.24. The molecule has 0 aromatic carbocycles. The van der Waals surface area contributed by atoms with Crippen molar-refractivity contribution < 1.29 is 23.0 Å². The van der Waals surface area contributed by atoms with E-state index in [1.807, 2.05) is 13.8 Å². The Bertz CT molecular complexity index is 679. The quantitative estimate of drug-likeness (QED) is 0.737. The van der Waals surface area contributed by atoms with Crippen LogP contribution in [0.5, 0.6) is 0 Å². The van der Waals surface area contributed by atoms with E-state index < -0.39 is 36.2 Å². The van der Waals surface area contributed by atoms with Gasteiger partial charge in [0.1, 0.15) is 11.9 Å².